The first kappa shape index (κ1) is 18.0. The lowest BCUT2D eigenvalue weighted by molar-refractivity contribution is 0.280. The highest BCUT2D eigenvalue weighted by molar-refractivity contribution is 6.31. The summed E-state index contributed by atoms with van der Waals surface area (Å²) in [6, 6.07) is 7.87. The largest absolute Gasteiger partial charge is 0.355 e. The molecule has 1 fully saturated rings. The van der Waals surface area contributed by atoms with Gasteiger partial charge in [-0.2, -0.15) is 0 Å². The van der Waals surface area contributed by atoms with Crippen molar-refractivity contribution in [3.63, 3.8) is 0 Å². The van der Waals surface area contributed by atoms with Gasteiger partial charge in [-0.3, -0.25) is 4.99 Å². The quantitative estimate of drug-likeness (QED) is 0.633. The van der Waals surface area contributed by atoms with Crippen LogP contribution < -0.4 is 10.6 Å². The predicted molar refractivity (Wildman–Crippen MR) is 98.2 cm³/mol. The highest BCUT2D eigenvalue weighted by atomic mass is 35.5. The summed E-state index contributed by atoms with van der Waals surface area (Å²) >= 11 is 6.17. The van der Waals surface area contributed by atoms with Gasteiger partial charge in [0.15, 0.2) is 5.96 Å². The highest BCUT2D eigenvalue weighted by Crippen LogP contribution is 2.14. The van der Waals surface area contributed by atoms with E-state index in [0.717, 1.165) is 42.7 Å². The molecule has 0 saturated carbocycles. The van der Waals surface area contributed by atoms with Crippen molar-refractivity contribution in [2.45, 2.75) is 13.0 Å². The summed E-state index contributed by atoms with van der Waals surface area (Å²) in [5, 5.41) is 7.47. The number of hydrogen-bond acceptors (Lipinski definition) is 3. The van der Waals surface area contributed by atoms with Crippen LogP contribution in [0.1, 0.15) is 12.0 Å². The van der Waals surface area contributed by atoms with E-state index in [-0.39, 0.29) is 0 Å². The Bertz CT molecular complexity index is 506. The maximum atomic E-state index is 6.17. The summed E-state index contributed by atoms with van der Waals surface area (Å²) in [5.41, 5.74) is 1.08. The average Bonchev–Trinajstić information content (AvgIpc) is 2.76. The first-order chi connectivity index (χ1) is 11.2. The lowest BCUT2D eigenvalue weighted by atomic mass is 10.2. The van der Waals surface area contributed by atoms with E-state index in [1.165, 1.54) is 19.5 Å². The van der Waals surface area contributed by atoms with Crippen LogP contribution in [0, 0.1) is 0 Å². The molecule has 0 spiro atoms. The summed E-state index contributed by atoms with van der Waals surface area (Å²) < 4.78 is 0. The second kappa shape index (κ2) is 9.75. The molecule has 1 saturated heterocycles. The van der Waals surface area contributed by atoms with E-state index in [0.29, 0.717) is 6.54 Å². The average molecular weight is 338 g/mol. The number of nitrogens with zero attached hydrogens (tertiary/aromatic N) is 3. The molecule has 128 valence electrons. The molecule has 23 heavy (non-hydrogen) atoms. The molecule has 5 nitrogen and oxygen atoms in total. The maximum absolute atomic E-state index is 6.17. The topological polar surface area (TPSA) is 42.9 Å². The number of halogens is 1. The Kier molecular flexibility index (Phi) is 7.65. The van der Waals surface area contributed by atoms with E-state index in [4.69, 9.17) is 11.6 Å². The van der Waals surface area contributed by atoms with E-state index >= 15 is 0 Å². The molecule has 0 unspecified atom stereocenters. The molecule has 2 N–H and O–H groups in total. The first-order valence-electron chi connectivity index (χ1n) is 8.28. The van der Waals surface area contributed by atoms with Crippen LogP contribution in [0.4, 0.5) is 0 Å². The molecule has 0 radical (unpaired) electrons. The van der Waals surface area contributed by atoms with E-state index < -0.39 is 0 Å². The minimum absolute atomic E-state index is 0.674. The highest BCUT2D eigenvalue weighted by Gasteiger charge is 2.11. The number of aliphatic imine (C=N–C) groups is 1. The van der Waals surface area contributed by atoms with Crippen LogP contribution in [0.25, 0.3) is 0 Å². The maximum Gasteiger partial charge on any atom is 0.191 e. The van der Waals surface area contributed by atoms with Crippen molar-refractivity contribution in [1.82, 2.24) is 20.4 Å². The molecule has 1 aliphatic heterocycles. The molecule has 1 aromatic carbocycles. The van der Waals surface area contributed by atoms with E-state index in [1.54, 1.807) is 7.05 Å². The van der Waals surface area contributed by atoms with Crippen LogP contribution >= 0.6 is 11.6 Å². The first-order valence-corrected chi connectivity index (χ1v) is 8.65. The monoisotopic (exact) mass is 337 g/mol. The fraction of sp³-hybridized carbons (Fsp3) is 0.588. The Morgan fingerprint density at radius 1 is 1.17 bits per heavy atom. The molecule has 1 heterocycles. The van der Waals surface area contributed by atoms with E-state index in [2.05, 4.69) is 32.5 Å². The molecule has 0 amide bonds. The minimum Gasteiger partial charge on any atom is -0.355 e. The van der Waals surface area contributed by atoms with Crippen LogP contribution in [0.15, 0.2) is 29.3 Å². The second-order valence-electron chi connectivity index (χ2n) is 5.94. The van der Waals surface area contributed by atoms with Crippen molar-refractivity contribution < 1.29 is 0 Å². The standard InChI is InChI=1S/C17H28ClN5/c1-19-17(21-14-15-6-3-4-7-16(15)18)20-8-11-23-10-5-9-22(2)12-13-23/h3-4,6-7H,5,8-14H2,1-2H3,(H2,19,20,21). The predicted octanol–water partition coefficient (Wildman–Crippen LogP) is 1.64. The van der Waals surface area contributed by atoms with Crippen LogP contribution in [0.2, 0.25) is 5.02 Å². The molecule has 0 atom stereocenters. The van der Waals surface area contributed by atoms with Gasteiger partial charge in [0.25, 0.3) is 0 Å². The Morgan fingerprint density at radius 2 is 2.00 bits per heavy atom. The zero-order valence-corrected chi connectivity index (χ0v) is 14.9. The number of nitrogens with one attached hydrogen (secondary N) is 2. The van der Waals surface area contributed by atoms with Gasteiger partial charge in [-0.25, -0.2) is 0 Å². The van der Waals surface area contributed by atoms with Crippen molar-refractivity contribution in [2.24, 2.45) is 4.99 Å². The zero-order valence-electron chi connectivity index (χ0n) is 14.2. The molecular weight excluding hydrogens is 310 g/mol. The van der Waals surface area contributed by atoms with Crippen LogP contribution in [-0.4, -0.2) is 69.1 Å². The van der Waals surface area contributed by atoms with E-state index in [1.807, 2.05) is 24.3 Å². The smallest absolute Gasteiger partial charge is 0.191 e. The van der Waals surface area contributed by atoms with Crippen LogP contribution in [0.5, 0.6) is 0 Å². The summed E-state index contributed by atoms with van der Waals surface area (Å²) in [4.78, 5) is 9.18. The summed E-state index contributed by atoms with van der Waals surface area (Å²) in [6.07, 6.45) is 1.25. The molecule has 0 aromatic heterocycles. The van der Waals surface area contributed by atoms with Gasteiger partial charge in [-0.15, -0.1) is 0 Å². The summed E-state index contributed by atoms with van der Waals surface area (Å²) in [6.45, 7) is 7.28. The SMILES string of the molecule is CN=C(NCCN1CCCN(C)CC1)NCc1ccccc1Cl. The Hall–Kier alpha value is -1.30. The molecular formula is C17H28ClN5. The van der Waals surface area contributed by atoms with Gasteiger partial charge in [0, 0.05) is 44.8 Å². The lowest BCUT2D eigenvalue weighted by Crippen LogP contribution is -2.42. The summed E-state index contributed by atoms with van der Waals surface area (Å²) in [7, 11) is 3.99. The van der Waals surface area contributed by atoms with Gasteiger partial charge in [-0.1, -0.05) is 29.8 Å². The fourth-order valence-corrected chi connectivity index (χ4v) is 2.90. The molecule has 2 rings (SSSR count). The zero-order chi connectivity index (χ0) is 16.5. The van der Waals surface area contributed by atoms with E-state index in [9.17, 15) is 0 Å². The second-order valence-corrected chi connectivity index (χ2v) is 6.35. The van der Waals surface area contributed by atoms with Gasteiger partial charge in [0.2, 0.25) is 0 Å². The Labute approximate surface area is 144 Å². The number of likely N-dealkylation sites (N-methyl/N-ethyl adjacent to an activating group) is 1. The third-order valence-corrected chi connectivity index (χ3v) is 4.53. The number of guanidine groups is 1. The van der Waals surface area contributed by atoms with Crippen LogP contribution in [0.3, 0.4) is 0 Å². The normalized spacial score (nSPS) is 17.8. The fourth-order valence-electron chi connectivity index (χ4n) is 2.70. The van der Waals surface area contributed by atoms with Gasteiger partial charge < -0.3 is 20.4 Å². The van der Waals surface area contributed by atoms with Gasteiger partial charge in [0.05, 0.1) is 0 Å². The number of rotatable bonds is 5. The van der Waals surface area contributed by atoms with Gasteiger partial charge in [-0.05, 0) is 38.2 Å². The van der Waals surface area contributed by atoms with Crippen molar-refractivity contribution in [3.05, 3.63) is 34.9 Å². The lowest BCUT2D eigenvalue weighted by Gasteiger charge is -2.21. The van der Waals surface area contributed by atoms with Gasteiger partial charge >= 0.3 is 0 Å². The molecule has 1 aliphatic rings. The molecule has 0 bridgehead atoms. The number of hydrogen-bond donors (Lipinski definition) is 2. The van der Waals surface area contributed by atoms with Crippen molar-refractivity contribution in [3.8, 4) is 0 Å². The molecule has 1 aromatic rings. The molecule has 6 heteroatoms. The van der Waals surface area contributed by atoms with Crippen molar-refractivity contribution in [2.75, 3.05) is 53.4 Å². The van der Waals surface area contributed by atoms with Crippen LogP contribution in [-0.2, 0) is 6.54 Å². The molecule has 0 aliphatic carbocycles. The Balaban J connectivity index is 1.70. The third kappa shape index (κ3) is 6.37. The number of benzene rings is 1. The van der Waals surface area contributed by atoms with Crippen molar-refractivity contribution in [1.29, 1.82) is 0 Å². The minimum atomic E-state index is 0.674. The summed E-state index contributed by atoms with van der Waals surface area (Å²) in [5.74, 6) is 0.817. The third-order valence-electron chi connectivity index (χ3n) is 4.16. The Morgan fingerprint density at radius 3 is 2.78 bits per heavy atom. The van der Waals surface area contributed by atoms with Gasteiger partial charge in [0.1, 0.15) is 0 Å². The van der Waals surface area contributed by atoms with Crippen molar-refractivity contribution >= 4 is 17.6 Å².